The molecule has 0 aliphatic carbocycles. The van der Waals surface area contributed by atoms with Gasteiger partial charge in [0.15, 0.2) is 0 Å². The number of phenols is 1. The minimum Gasteiger partial charge on any atom is -0.508 e. The van der Waals surface area contributed by atoms with Crippen molar-refractivity contribution in [2.75, 3.05) is 0 Å². The standard InChI is InChI=1S/C13H20BrNO/c1-4-9(3)15-12(5-2)11-8-10(14)6-7-13(11)16/h6-9,12,15-16H,4-5H2,1-3H3. The third-order valence-electron chi connectivity index (χ3n) is 2.87. The van der Waals surface area contributed by atoms with Gasteiger partial charge in [-0.2, -0.15) is 0 Å². The summed E-state index contributed by atoms with van der Waals surface area (Å²) in [6.45, 7) is 6.45. The molecule has 2 atom stereocenters. The van der Waals surface area contributed by atoms with E-state index in [2.05, 4.69) is 42.0 Å². The summed E-state index contributed by atoms with van der Waals surface area (Å²) in [6.07, 6.45) is 2.06. The molecule has 0 heterocycles. The summed E-state index contributed by atoms with van der Waals surface area (Å²) in [7, 11) is 0. The monoisotopic (exact) mass is 285 g/mol. The maximum absolute atomic E-state index is 9.86. The van der Waals surface area contributed by atoms with Crippen LogP contribution in [0.15, 0.2) is 22.7 Å². The van der Waals surface area contributed by atoms with Gasteiger partial charge < -0.3 is 10.4 Å². The Morgan fingerprint density at radius 3 is 2.56 bits per heavy atom. The number of hydrogen-bond donors (Lipinski definition) is 2. The lowest BCUT2D eigenvalue weighted by atomic mass is 10.0. The summed E-state index contributed by atoms with van der Waals surface area (Å²) in [5.41, 5.74) is 0.970. The van der Waals surface area contributed by atoms with Crippen LogP contribution in [0.5, 0.6) is 5.75 Å². The quantitative estimate of drug-likeness (QED) is 0.857. The third kappa shape index (κ3) is 3.49. The van der Waals surface area contributed by atoms with E-state index in [1.807, 2.05) is 12.1 Å². The van der Waals surface area contributed by atoms with Crippen LogP contribution in [0.2, 0.25) is 0 Å². The number of nitrogens with one attached hydrogen (secondary N) is 1. The number of hydrogen-bond acceptors (Lipinski definition) is 2. The molecule has 0 fully saturated rings. The van der Waals surface area contributed by atoms with Crippen molar-refractivity contribution in [3.05, 3.63) is 28.2 Å². The molecule has 0 radical (unpaired) electrons. The molecule has 1 aromatic rings. The van der Waals surface area contributed by atoms with Gasteiger partial charge in [0.25, 0.3) is 0 Å². The molecule has 0 aromatic heterocycles. The van der Waals surface area contributed by atoms with E-state index >= 15 is 0 Å². The Morgan fingerprint density at radius 1 is 1.31 bits per heavy atom. The van der Waals surface area contributed by atoms with Crippen molar-refractivity contribution in [2.45, 2.75) is 45.7 Å². The van der Waals surface area contributed by atoms with Crippen molar-refractivity contribution in [2.24, 2.45) is 0 Å². The van der Waals surface area contributed by atoms with Crippen molar-refractivity contribution >= 4 is 15.9 Å². The fourth-order valence-electron chi connectivity index (χ4n) is 1.69. The maximum atomic E-state index is 9.86. The first-order valence-corrected chi connectivity index (χ1v) is 6.62. The Balaban J connectivity index is 2.89. The molecule has 2 N–H and O–H groups in total. The average molecular weight is 286 g/mol. The summed E-state index contributed by atoms with van der Waals surface area (Å²) in [4.78, 5) is 0. The van der Waals surface area contributed by atoms with E-state index in [1.54, 1.807) is 6.07 Å². The first kappa shape index (κ1) is 13.5. The van der Waals surface area contributed by atoms with E-state index < -0.39 is 0 Å². The second-order valence-electron chi connectivity index (χ2n) is 4.14. The van der Waals surface area contributed by atoms with E-state index in [-0.39, 0.29) is 6.04 Å². The third-order valence-corrected chi connectivity index (χ3v) is 3.36. The van der Waals surface area contributed by atoms with Crippen molar-refractivity contribution in [1.82, 2.24) is 5.32 Å². The number of benzene rings is 1. The minimum atomic E-state index is 0.215. The Bertz CT molecular complexity index is 341. The van der Waals surface area contributed by atoms with Crippen molar-refractivity contribution in [3.8, 4) is 5.75 Å². The van der Waals surface area contributed by atoms with Crippen LogP contribution in [-0.2, 0) is 0 Å². The maximum Gasteiger partial charge on any atom is 0.120 e. The molecule has 0 aliphatic rings. The number of phenolic OH excluding ortho intramolecular Hbond substituents is 1. The lowest BCUT2D eigenvalue weighted by Gasteiger charge is -2.22. The Morgan fingerprint density at radius 2 is 2.00 bits per heavy atom. The second kappa shape index (κ2) is 6.26. The molecule has 0 amide bonds. The number of halogens is 1. The van der Waals surface area contributed by atoms with Gasteiger partial charge >= 0.3 is 0 Å². The predicted molar refractivity (Wildman–Crippen MR) is 71.7 cm³/mol. The zero-order valence-corrected chi connectivity index (χ0v) is 11.7. The average Bonchev–Trinajstić information content (AvgIpc) is 2.29. The van der Waals surface area contributed by atoms with Crippen LogP contribution in [0.4, 0.5) is 0 Å². The molecule has 0 spiro atoms. The smallest absolute Gasteiger partial charge is 0.120 e. The predicted octanol–water partition coefficient (Wildman–Crippen LogP) is 3.99. The molecule has 0 bridgehead atoms. The highest BCUT2D eigenvalue weighted by molar-refractivity contribution is 9.10. The van der Waals surface area contributed by atoms with Gasteiger partial charge in [-0.3, -0.25) is 0 Å². The molecule has 90 valence electrons. The zero-order valence-electron chi connectivity index (χ0n) is 10.1. The van der Waals surface area contributed by atoms with Gasteiger partial charge in [0.2, 0.25) is 0 Å². The van der Waals surface area contributed by atoms with Gasteiger partial charge in [-0.1, -0.05) is 29.8 Å². The molecule has 2 unspecified atom stereocenters. The molecular weight excluding hydrogens is 266 g/mol. The Labute approximate surface area is 106 Å². The first-order valence-electron chi connectivity index (χ1n) is 5.82. The van der Waals surface area contributed by atoms with Gasteiger partial charge in [-0.25, -0.2) is 0 Å². The van der Waals surface area contributed by atoms with Crippen LogP contribution >= 0.6 is 15.9 Å². The van der Waals surface area contributed by atoms with E-state index in [4.69, 9.17) is 0 Å². The van der Waals surface area contributed by atoms with Crippen LogP contribution in [0, 0.1) is 0 Å². The summed E-state index contributed by atoms with van der Waals surface area (Å²) in [6, 6.07) is 6.25. The SMILES string of the molecule is CCC(C)NC(CC)c1cc(Br)ccc1O. The lowest BCUT2D eigenvalue weighted by Crippen LogP contribution is -2.29. The van der Waals surface area contributed by atoms with Crippen LogP contribution < -0.4 is 5.32 Å². The van der Waals surface area contributed by atoms with E-state index in [0.717, 1.165) is 22.9 Å². The highest BCUT2D eigenvalue weighted by Gasteiger charge is 2.15. The summed E-state index contributed by atoms with van der Waals surface area (Å²) in [5.74, 6) is 0.367. The van der Waals surface area contributed by atoms with Crippen molar-refractivity contribution in [1.29, 1.82) is 0 Å². The summed E-state index contributed by atoms with van der Waals surface area (Å²) >= 11 is 3.44. The molecule has 1 aromatic carbocycles. The molecule has 0 aliphatic heterocycles. The minimum absolute atomic E-state index is 0.215. The van der Waals surface area contributed by atoms with E-state index in [0.29, 0.717) is 11.8 Å². The summed E-state index contributed by atoms with van der Waals surface area (Å²) in [5, 5.41) is 13.4. The van der Waals surface area contributed by atoms with Gasteiger partial charge in [-0.05, 0) is 38.0 Å². The molecule has 0 saturated heterocycles. The van der Waals surface area contributed by atoms with E-state index in [1.165, 1.54) is 0 Å². The number of aromatic hydroxyl groups is 1. The fourth-order valence-corrected chi connectivity index (χ4v) is 2.07. The van der Waals surface area contributed by atoms with Gasteiger partial charge in [0.05, 0.1) is 0 Å². The normalized spacial score (nSPS) is 14.8. The molecular formula is C13H20BrNO. The molecule has 3 heteroatoms. The Kier molecular flexibility index (Phi) is 5.29. The van der Waals surface area contributed by atoms with Gasteiger partial charge in [0.1, 0.15) is 5.75 Å². The first-order chi connectivity index (χ1) is 7.58. The lowest BCUT2D eigenvalue weighted by molar-refractivity contribution is 0.409. The fraction of sp³-hybridized carbons (Fsp3) is 0.538. The molecule has 16 heavy (non-hydrogen) atoms. The highest BCUT2D eigenvalue weighted by Crippen LogP contribution is 2.29. The number of rotatable bonds is 5. The summed E-state index contributed by atoms with van der Waals surface area (Å²) < 4.78 is 1.00. The van der Waals surface area contributed by atoms with Crippen LogP contribution in [0.25, 0.3) is 0 Å². The topological polar surface area (TPSA) is 32.3 Å². The second-order valence-corrected chi connectivity index (χ2v) is 5.06. The zero-order chi connectivity index (χ0) is 12.1. The van der Waals surface area contributed by atoms with Crippen LogP contribution in [0.1, 0.15) is 45.2 Å². The van der Waals surface area contributed by atoms with Crippen molar-refractivity contribution < 1.29 is 5.11 Å². The molecule has 2 nitrogen and oxygen atoms in total. The van der Waals surface area contributed by atoms with Gasteiger partial charge in [-0.15, -0.1) is 0 Å². The molecule has 0 saturated carbocycles. The van der Waals surface area contributed by atoms with Crippen LogP contribution in [0.3, 0.4) is 0 Å². The van der Waals surface area contributed by atoms with Crippen molar-refractivity contribution in [3.63, 3.8) is 0 Å². The Hall–Kier alpha value is -0.540. The molecule has 1 rings (SSSR count). The van der Waals surface area contributed by atoms with E-state index in [9.17, 15) is 5.11 Å². The highest BCUT2D eigenvalue weighted by atomic mass is 79.9. The van der Waals surface area contributed by atoms with Gasteiger partial charge in [0, 0.05) is 22.1 Å². The largest absolute Gasteiger partial charge is 0.508 e. The van der Waals surface area contributed by atoms with Crippen LogP contribution in [-0.4, -0.2) is 11.1 Å².